The molecule has 0 N–H and O–H groups in total. The Kier molecular flexibility index (Phi) is 5.04. The van der Waals surface area contributed by atoms with Crippen LogP contribution in [0.5, 0.6) is 0 Å². The molecule has 0 radical (unpaired) electrons. The largest absolute Gasteiger partial charge is 0.342 e. The second-order valence-corrected chi connectivity index (χ2v) is 6.28. The molecule has 2 aliphatic rings. The summed E-state index contributed by atoms with van der Waals surface area (Å²) in [4.78, 5) is 16.7. The number of amides is 1. The van der Waals surface area contributed by atoms with Crippen LogP contribution in [0.15, 0.2) is 0 Å². The number of hydrogen-bond donors (Lipinski definition) is 0. The molecular formula is C15H28N2O. The van der Waals surface area contributed by atoms with E-state index in [1.54, 1.807) is 0 Å². The number of hydrogen-bond acceptors (Lipinski definition) is 2. The van der Waals surface area contributed by atoms with Crippen LogP contribution in [0.25, 0.3) is 0 Å². The van der Waals surface area contributed by atoms with Crippen LogP contribution < -0.4 is 0 Å². The van der Waals surface area contributed by atoms with Crippen molar-refractivity contribution in [2.75, 3.05) is 26.7 Å². The topological polar surface area (TPSA) is 23.6 Å². The summed E-state index contributed by atoms with van der Waals surface area (Å²) in [5.41, 5.74) is 0. The number of carbonyl (C=O) groups excluding carboxylic acids is 1. The minimum Gasteiger partial charge on any atom is -0.342 e. The van der Waals surface area contributed by atoms with Crippen molar-refractivity contribution in [1.82, 2.24) is 9.80 Å². The van der Waals surface area contributed by atoms with Crippen molar-refractivity contribution in [3.8, 4) is 0 Å². The summed E-state index contributed by atoms with van der Waals surface area (Å²) in [6.45, 7) is 5.14. The fourth-order valence-corrected chi connectivity index (χ4v) is 3.41. The summed E-state index contributed by atoms with van der Waals surface area (Å²) in [6, 6.07) is 0.508. The van der Waals surface area contributed by atoms with E-state index in [0.29, 0.717) is 18.5 Å². The molecule has 18 heavy (non-hydrogen) atoms. The van der Waals surface area contributed by atoms with E-state index in [2.05, 4.69) is 11.8 Å². The van der Waals surface area contributed by atoms with E-state index in [9.17, 15) is 4.79 Å². The van der Waals surface area contributed by atoms with Crippen LogP contribution in [-0.4, -0.2) is 48.4 Å². The van der Waals surface area contributed by atoms with E-state index in [0.717, 1.165) is 19.0 Å². The molecule has 1 aliphatic carbocycles. The maximum Gasteiger partial charge on any atom is 0.236 e. The Balaban J connectivity index is 1.79. The highest BCUT2D eigenvalue weighted by Gasteiger charge is 2.25. The van der Waals surface area contributed by atoms with Gasteiger partial charge in [-0.1, -0.05) is 26.2 Å². The standard InChI is InChI=1S/C15H28N2O/c1-13-7-6-10-17(11-13)12-15(18)16(2)14-8-4-3-5-9-14/h13-14H,3-12H2,1-2H3. The minimum atomic E-state index is 0.330. The molecule has 1 heterocycles. The summed E-state index contributed by atoms with van der Waals surface area (Å²) in [7, 11) is 2.01. The van der Waals surface area contributed by atoms with Crippen LogP contribution in [0.1, 0.15) is 51.9 Å². The number of piperidine rings is 1. The second-order valence-electron chi connectivity index (χ2n) is 6.28. The van der Waals surface area contributed by atoms with Gasteiger partial charge < -0.3 is 4.90 Å². The van der Waals surface area contributed by atoms with E-state index < -0.39 is 0 Å². The van der Waals surface area contributed by atoms with E-state index in [1.807, 2.05) is 11.9 Å². The lowest BCUT2D eigenvalue weighted by Gasteiger charge is -2.35. The van der Waals surface area contributed by atoms with Gasteiger partial charge in [0.05, 0.1) is 6.54 Å². The molecule has 1 saturated carbocycles. The molecule has 1 aliphatic heterocycles. The first-order valence-electron chi connectivity index (χ1n) is 7.65. The molecule has 1 unspecified atom stereocenters. The first-order valence-corrected chi connectivity index (χ1v) is 7.65. The van der Waals surface area contributed by atoms with Gasteiger partial charge in [0.15, 0.2) is 0 Å². The maximum absolute atomic E-state index is 12.3. The highest BCUT2D eigenvalue weighted by molar-refractivity contribution is 5.78. The monoisotopic (exact) mass is 252 g/mol. The lowest BCUT2D eigenvalue weighted by atomic mass is 9.94. The van der Waals surface area contributed by atoms with Crippen molar-refractivity contribution in [2.45, 2.75) is 57.9 Å². The van der Waals surface area contributed by atoms with Crippen molar-refractivity contribution < 1.29 is 4.79 Å². The fourth-order valence-electron chi connectivity index (χ4n) is 3.41. The zero-order valence-electron chi connectivity index (χ0n) is 12.0. The minimum absolute atomic E-state index is 0.330. The van der Waals surface area contributed by atoms with Crippen molar-refractivity contribution in [2.24, 2.45) is 5.92 Å². The van der Waals surface area contributed by atoms with Crippen molar-refractivity contribution in [1.29, 1.82) is 0 Å². The number of nitrogens with zero attached hydrogens (tertiary/aromatic N) is 2. The highest BCUT2D eigenvalue weighted by Crippen LogP contribution is 2.22. The molecule has 0 aromatic carbocycles. The summed E-state index contributed by atoms with van der Waals surface area (Å²) >= 11 is 0. The highest BCUT2D eigenvalue weighted by atomic mass is 16.2. The van der Waals surface area contributed by atoms with E-state index >= 15 is 0 Å². The molecule has 0 aromatic heterocycles. The second kappa shape index (κ2) is 6.55. The zero-order chi connectivity index (χ0) is 13.0. The van der Waals surface area contributed by atoms with Crippen LogP contribution in [0.3, 0.4) is 0 Å². The van der Waals surface area contributed by atoms with Crippen LogP contribution in [0, 0.1) is 5.92 Å². The quantitative estimate of drug-likeness (QED) is 0.770. The Labute approximate surface area is 112 Å². The van der Waals surface area contributed by atoms with Crippen LogP contribution >= 0.6 is 0 Å². The van der Waals surface area contributed by atoms with Gasteiger partial charge in [-0.3, -0.25) is 9.69 Å². The summed E-state index contributed by atoms with van der Waals surface area (Å²) in [5, 5.41) is 0. The first kappa shape index (κ1) is 13.9. The lowest BCUT2D eigenvalue weighted by Crippen LogP contribution is -2.46. The van der Waals surface area contributed by atoms with Gasteiger partial charge in [0.25, 0.3) is 0 Å². The maximum atomic E-state index is 12.3. The molecule has 104 valence electrons. The number of likely N-dealkylation sites (tertiary alicyclic amines) is 1. The lowest BCUT2D eigenvalue weighted by molar-refractivity contribution is -0.134. The normalized spacial score (nSPS) is 27.1. The Morgan fingerprint density at radius 3 is 2.56 bits per heavy atom. The van der Waals surface area contributed by atoms with Gasteiger partial charge in [-0.05, 0) is 38.1 Å². The smallest absolute Gasteiger partial charge is 0.236 e. The van der Waals surface area contributed by atoms with Gasteiger partial charge in [0, 0.05) is 19.6 Å². The molecule has 2 rings (SSSR count). The molecule has 1 amide bonds. The van der Waals surface area contributed by atoms with Crippen molar-refractivity contribution >= 4 is 5.91 Å². The third-order valence-electron chi connectivity index (χ3n) is 4.62. The molecule has 2 fully saturated rings. The predicted molar refractivity (Wildman–Crippen MR) is 74.5 cm³/mol. The average molecular weight is 252 g/mol. The number of likely N-dealkylation sites (N-methyl/N-ethyl adjacent to an activating group) is 1. The Bertz CT molecular complexity index is 274. The predicted octanol–water partition coefficient (Wildman–Crippen LogP) is 2.51. The molecule has 3 heteroatoms. The van der Waals surface area contributed by atoms with E-state index in [-0.39, 0.29) is 0 Å². The molecule has 0 bridgehead atoms. The summed E-state index contributed by atoms with van der Waals surface area (Å²) < 4.78 is 0. The first-order chi connectivity index (χ1) is 8.66. The van der Waals surface area contributed by atoms with Gasteiger partial charge in [0.1, 0.15) is 0 Å². The number of rotatable bonds is 3. The van der Waals surface area contributed by atoms with Gasteiger partial charge in [-0.25, -0.2) is 0 Å². The molecule has 0 aromatic rings. The fraction of sp³-hybridized carbons (Fsp3) is 0.933. The van der Waals surface area contributed by atoms with Gasteiger partial charge in [-0.2, -0.15) is 0 Å². The Morgan fingerprint density at radius 1 is 1.17 bits per heavy atom. The SMILES string of the molecule is CC1CCCN(CC(=O)N(C)C2CCCCC2)C1. The van der Waals surface area contributed by atoms with E-state index in [1.165, 1.54) is 44.9 Å². The Morgan fingerprint density at radius 2 is 1.89 bits per heavy atom. The van der Waals surface area contributed by atoms with Gasteiger partial charge >= 0.3 is 0 Å². The van der Waals surface area contributed by atoms with E-state index in [4.69, 9.17) is 0 Å². The molecular weight excluding hydrogens is 224 g/mol. The molecule has 0 spiro atoms. The zero-order valence-corrected chi connectivity index (χ0v) is 12.0. The third kappa shape index (κ3) is 3.71. The van der Waals surface area contributed by atoms with Crippen LogP contribution in [0.4, 0.5) is 0 Å². The van der Waals surface area contributed by atoms with Crippen molar-refractivity contribution in [3.05, 3.63) is 0 Å². The van der Waals surface area contributed by atoms with Gasteiger partial charge in [-0.15, -0.1) is 0 Å². The summed E-state index contributed by atoms with van der Waals surface area (Å²) in [6.07, 6.45) is 8.93. The third-order valence-corrected chi connectivity index (χ3v) is 4.62. The molecule has 1 atom stereocenters. The Hall–Kier alpha value is -0.570. The van der Waals surface area contributed by atoms with Crippen LogP contribution in [0.2, 0.25) is 0 Å². The summed E-state index contributed by atoms with van der Waals surface area (Å²) in [5.74, 6) is 1.09. The van der Waals surface area contributed by atoms with Crippen molar-refractivity contribution in [3.63, 3.8) is 0 Å². The number of carbonyl (C=O) groups is 1. The average Bonchev–Trinajstić information content (AvgIpc) is 2.39. The van der Waals surface area contributed by atoms with Crippen LogP contribution in [-0.2, 0) is 4.79 Å². The van der Waals surface area contributed by atoms with Gasteiger partial charge in [0.2, 0.25) is 5.91 Å². The molecule has 3 nitrogen and oxygen atoms in total. The molecule has 1 saturated heterocycles.